The minimum atomic E-state index is -3.48. The number of ether oxygens (including phenoxy) is 1. The molecule has 0 amide bonds. The molecule has 0 saturated heterocycles. The molecule has 0 radical (unpaired) electrons. The van der Waals surface area contributed by atoms with Crippen LogP contribution in [0, 0.1) is 0 Å². The minimum Gasteiger partial charge on any atom is -0.455 e. The standard InChI is InChI=1S/C5H7ClF2O2/c1-3(5(6,7)8)10-4(2)9/h3H,1-2H3. The summed E-state index contributed by atoms with van der Waals surface area (Å²) in [5, 5.41) is -3.48. The summed E-state index contributed by atoms with van der Waals surface area (Å²) < 4.78 is 28.0. The predicted octanol–water partition coefficient (Wildman–Crippen LogP) is 1.77. The molecule has 0 spiro atoms. The third-order valence-electron chi connectivity index (χ3n) is 0.804. The molecule has 0 fully saturated rings. The first kappa shape index (κ1) is 9.62. The lowest BCUT2D eigenvalue weighted by molar-refractivity contribution is -0.156. The van der Waals surface area contributed by atoms with Crippen molar-refractivity contribution in [2.45, 2.75) is 25.3 Å². The Bertz CT molecular complexity index is 132. The Morgan fingerprint density at radius 1 is 1.70 bits per heavy atom. The van der Waals surface area contributed by atoms with Crippen molar-refractivity contribution in [3.05, 3.63) is 0 Å². The summed E-state index contributed by atoms with van der Waals surface area (Å²) >= 11 is 4.52. The van der Waals surface area contributed by atoms with Crippen molar-refractivity contribution in [3.8, 4) is 0 Å². The summed E-state index contributed by atoms with van der Waals surface area (Å²) in [5.41, 5.74) is 0. The van der Waals surface area contributed by atoms with Gasteiger partial charge in [0.15, 0.2) is 6.10 Å². The maximum atomic E-state index is 12.0. The first-order chi connectivity index (χ1) is 4.34. The van der Waals surface area contributed by atoms with E-state index in [4.69, 9.17) is 0 Å². The second-order valence-corrected chi connectivity index (χ2v) is 2.30. The number of alkyl halides is 3. The highest BCUT2D eigenvalue weighted by atomic mass is 35.5. The van der Waals surface area contributed by atoms with Crippen molar-refractivity contribution >= 4 is 17.6 Å². The summed E-state index contributed by atoms with van der Waals surface area (Å²) in [4.78, 5) is 10.1. The van der Waals surface area contributed by atoms with E-state index < -0.39 is 17.5 Å². The van der Waals surface area contributed by atoms with Crippen LogP contribution in [0.1, 0.15) is 13.8 Å². The van der Waals surface area contributed by atoms with E-state index in [2.05, 4.69) is 16.3 Å². The highest BCUT2D eigenvalue weighted by molar-refractivity contribution is 6.22. The van der Waals surface area contributed by atoms with E-state index in [9.17, 15) is 13.6 Å². The van der Waals surface area contributed by atoms with Gasteiger partial charge in [-0.15, -0.1) is 0 Å². The number of rotatable bonds is 2. The summed E-state index contributed by atoms with van der Waals surface area (Å²) in [6, 6.07) is 0. The lowest BCUT2D eigenvalue weighted by Gasteiger charge is -2.15. The number of carbonyl (C=O) groups excluding carboxylic acids is 1. The Morgan fingerprint density at radius 3 is 2.20 bits per heavy atom. The van der Waals surface area contributed by atoms with Crippen LogP contribution in [0.4, 0.5) is 8.78 Å². The molecule has 0 aliphatic heterocycles. The van der Waals surface area contributed by atoms with Crippen molar-refractivity contribution in [2.24, 2.45) is 0 Å². The van der Waals surface area contributed by atoms with Gasteiger partial charge in [0.05, 0.1) is 0 Å². The molecule has 60 valence electrons. The zero-order chi connectivity index (χ0) is 8.36. The quantitative estimate of drug-likeness (QED) is 0.469. The molecule has 0 aromatic carbocycles. The summed E-state index contributed by atoms with van der Waals surface area (Å²) in [5.74, 6) is -0.771. The average molecular weight is 173 g/mol. The zero-order valence-electron chi connectivity index (χ0n) is 5.53. The number of halogens is 3. The van der Waals surface area contributed by atoms with Crippen LogP contribution in [0.15, 0.2) is 0 Å². The van der Waals surface area contributed by atoms with Gasteiger partial charge in [-0.1, -0.05) is 0 Å². The molecule has 0 saturated carbocycles. The van der Waals surface area contributed by atoms with Crippen molar-refractivity contribution in [3.63, 3.8) is 0 Å². The first-order valence-corrected chi connectivity index (χ1v) is 2.95. The van der Waals surface area contributed by atoms with Gasteiger partial charge < -0.3 is 4.74 Å². The fraction of sp³-hybridized carbons (Fsp3) is 0.800. The fourth-order valence-electron chi connectivity index (χ4n) is 0.316. The molecule has 0 rings (SSSR count). The summed E-state index contributed by atoms with van der Waals surface area (Å²) in [7, 11) is 0. The normalized spacial score (nSPS) is 14.5. The maximum absolute atomic E-state index is 12.0. The Balaban J connectivity index is 3.85. The minimum absolute atomic E-state index is 0.771. The van der Waals surface area contributed by atoms with Crippen molar-refractivity contribution < 1.29 is 18.3 Å². The van der Waals surface area contributed by atoms with Crippen LogP contribution >= 0.6 is 11.6 Å². The highest BCUT2D eigenvalue weighted by Gasteiger charge is 2.35. The SMILES string of the molecule is CC(=O)OC(C)C(F)(F)Cl. The Morgan fingerprint density at radius 2 is 2.10 bits per heavy atom. The Kier molecular flexibility index (Phi) is 3.02. The molecule has 2 nitrogen and oxygen atoms in total. The zero-order valence-corrected chi connectivity index (χ0v) is 6.28. The van der Waals surface area contributed by atoms with Gasteiger partial charge in [-0.3, -0.25) is 4.79 Å². The maximum Gasteiger partial charge on any atom is 0.357 e. The van der Waals surface area contributed by atoms with Gasteiger partial charge in [-0.25, -0.2) is 0 Å². The molecule has 0 aromatic heterocycles. The van der Waals surface area contributed by atoms with Crippen molar-refractivity contribution in [1.29, 1.82) is 0 Å². The van der Waals surface area contributed by atoms with Crippen LogP contribution in [-0.2, 0) is 9.53 Å². The predicted molar refractivity (Wildman–Crippen MR) is 32.0 cm³/mol. The molecular formula is C5H7ClF2O2. The molecule has 5 heteroatoms. The Hall–Kier alpha value is -0.380. The van der Waals surface area contributed by atoms with Gasteiger partial charge >= 0.3 is 11.4 Å². The van der Waals surface area contributed by atoms with Gasteiger partial charge in [0, 0.05) is 6.92 Å². The van der Waals surface area contributed by atoms with Crippen LogP contribution in [-0.4, -0.2) is 17.5 Å². The molecule has 0 aliphatic rings. The van der Waals surface area contributed by atoms with Gasteiger partial charge in [-0.2, -0.15) is 8.78 Å². The van der Waals surface area contributed by atoms with E-state index in [0.29, 0.717) is 0 Å². The van der Waals surface area contributed by atoms with Crippen LogP contribution in [0.25, 0.3) is 0 Å². The highest BCUT2D eigenvalue weighted by Crippen LogP contribution is 2.25. The van der Waals surface area contributed by atoms with E-state index in [0.717, 1.165) is 13.8 Å². The van der Waals surface area contributed by atoms with Crippen LogP contribution in [0.3, 0.4) is 0 Å². The second kappa shape index (κ2) is 3.14. The van der Waals surface area contributed by atoms with Crippen LogP contribution in [0.5, 0.6) is 0 Å². The molecule has 10 heavy (non-hydrogen) atoms. The molecule has 0 aromatic rings. The monoisotopic (exact) mass is 172 g/mol. The molecular weight excluding hydrogens is 166 g/mol. The van der Waals surface area contributed by atoms with E-state index in [1.54, 1.807) is 0 Å². The first-order valence-electron chi connectivity index (χ1n) is 2.58. The van der Waals surface area contributed by atoms with Crippen LogP contribution < -0.4 is 0 Å². The number of hydrogen-bond acceptors (Lipinski definition) is 2. The lowest BCUT2D eigenvalue weighted by Crippen LogP contribution is -2.28. The molecule has 0 heterocycles. The molecule has 0 aliphatic carbocycles. The smallest absolute Gasteiger partial charge is 0.357 e. The lowest BCUT2D eigenvalue weighted by atomic mass is 10.4. The van der Waals surface area contributed by atoms with Crippen molar-refractivity contribution in [2.75, 3.05) is 0 Å². The van der Waals surface area contributed by atoms with E-state index in [-0.39, 0.29) is 0 Å². The summed E-state index contributed by atoms with van der Waals surface area (Å²) in [6.45, 7) is 2.06. The number of esters is 1. The van der Waals surface area contributed by atoms with Crippen LogP contribution in [0.2, 0.25) is 0 Å². The van der Waals surface area contributed by atoms with E-state index >= 15 is 0 Å². The largest absolute Gasteiger partial charge is 0.455 e. The van der Waals surface area contributed by atoms with Gasteiger partial charge in [0.25, 0.3) is 0 Å². The summed E-state index contributed by atoms with van der Waals surface area (Å²) in [6.07, 6.45) is -1.58. The van der Waals surface area contributed by atoms with Crippen molar-refractivity contribution in [1.82, 2.24) is 0 Å². The number of hydrogen-bond donors (Lipinski definition) is 0. The molecule has 0 bridgehead atoms. The third kappa shape index (κ3) is 3.61. The average Bonchev–Trinajstić information content (AvgIpc) is 1.60. The van der Waals surface area contributed by atoms with E-state index in [1.165, 1.54) is 0 Å². The number of carbonyl (C=O) groups is 1. The fourth-order valence-corrected chi connectivity index (χ4v) is 0.360. The van der Waals surface area contributed by atoms with Gasteiger partial charge in [0.1, 0.15) is 0 Å². The van der Waals surface area contributed by atoms with Gasteiger partial charge in [0.2, 0.25) is 0 Å². The van der Waals surface area contributed by atoms with Gasteiger partial charge in [-0.05, 0) is 18.5 Å². The third-order valence-corrected chi connectivity index (χ3v) is 1.11. The molecule has 0 N–H and O–H groups in total. The molecule has 1 atom stereocenters. The van der Waals surface area contributed by atoms with E-state index in [1.807, 2.05) is 0 Å². The second-order valence-electron chi connectivity index (χ2n) is 1.79. The molecule has 1 unspecified atom stereocenters. The topological polar surface area (TPSA) is 26.3 Å². The Labute approximate surface area is 62.1 Å².